The minimum Gasteiger partial charge on any atom is -0.342 e. The molecule has 2 aliphatic heterocycles. The third-order valence-electron chi connectivity index (χ3n) is 6.01. The van der Waals surface area contributed by atoms with Crippen molar-refractivity contribution >= 4 is 23.4 Å². The number of nitrogens with zero attached hydrogens (tertiary/aromatic N) is 3. The van der Waals surface area contributed by atoms with E-state index in [1.165, 1.54) is 0 Å². The lowest BCUT2D eigenvalue weighted by atomic mass is 9.94. The quantitative estimate of drug-likeness (QED) is 0.809. The molecule has 1 aromatic rings. The molecule has 0 bridgehead atoms. The van der Waals surface area contributed by atoms with Crippen LogP contribution in [0.1, 0.15) is 31.2 Å². The zero-order chi connectivity index (χ0) is 18.1. The highest BCUT2D eigenvalue weighted by molar-refractivity contribution is 6.30. The van der Waals surface area contributed by atoms with Gasteiger partial charge in [0, 0.05) is 44.3 Å². The number of carbonyl (C=O) groups is 2. The number of benzene rings is 1. The van der Waals surface area contributed by atoms with E-state index in [0.29, 0.717) is 24.7 Å². The van der Waals surface area contributed by atoms with E-state index in [0.717, 1.165) is 57.4 Å². The average molecular weight is 376 g/mol. The van der Waals surface area contributed by atoms with E-state index in [-0.39, 0.29) is 17.2 Å². The smallest absolute Gasteiger partial charge is 0.236 e. The molecule has 0 atom stereocenters. The normalized spacial score (nSPS) is 22.5. The van der Waals surface area contributed by atoms with Crippen LogP contribution >= 0.6 is 11.6 Å². The van der Waals surface area contributed by atoms with E-state index in [2.05, 4.69) is 4.90 Å². The molecule has 0 unspecified atom stereocenters. The Kier molecular flexibility index (Phi) is 4.93. The summed E-state index contributed by atoms with van der Waals surface area (Å²) in [5.74, 6) is 0.463. The number of amides is 2. The third kappa shape index (κ3) is 3.47. The second kappa shape index (κ2) is 7.20. The van der Waals surface area contributed by atoms with Crippen LogP contribution in [0.2, 0.25) is 5.02 Å². The van der Waals surface area contributed by atoms with Gasteiger partial charge in [0.15, 0.2) is 0 Å². The minimum absolute atomic E-state index is 0.227. The summed E-state index contributed by atoms with van der Waals surface area (Å²) >= 11 is 6.12. The van der Waals surface area contributed by atoms with Crippen LogP contribution in [0.4, 0.5) is 0 Å². The van der Waals surface area contributed by atoms with E-state index in [4.69, 9.17) is 11.6 Å². The highest BCUT2D eigenvalue weighted by atomic mass is 35.5. The zero-order valence-corrected chi connectivity index (χ0v) is 15.9. The van der Waals surface area contributed by atoms with Gasteiger partial charge < -0.3 is 9.80 Å². The lowest BCUT2D eigenvalue weighted by Gasteiger charge is -2.37. The average Bonchev–Trinajstić information content (AvgIpc) is 3.28. The fraction of sp³-hybridized carbons (Fsp3) is 0.600. The minimum atomic E-state index is -0.363. The van der Waals surface area contributed by atoms with Crippen molar-refractivity contribution in [3.05, 3.63) is 34.9 Å². The van der Waals surface area contributed by atoms with Crippen molar-refractivity contribution in [2.45, 2.75) is 31.1 Å². The summed E-state index contributed by atoms with van der Waals surface area (Å²) in [7, 11) is 0. The molecule has 2 saturated heterocycles. The van der Waals surface area contributed by atoms with Gasteiger partial charge in [-0.25, -0.2) is 0 Å². The van der Waals surface area contributed by atoms with E-state index in [9.17, 15) is 9.59 Å². The number of hydrogen-bond donors (Lipinski definition) is 0. The summed E-state index contributed by atoms with van der Waals surface area (Å²) in [4.78, 5) is 31.6. The maximum Gasteiger partial charge on any atom is 0.236 e. The van der Waals surface area contributed by atoms with Crippen LogP contribution < -0.4 is 0 Å². The summed E-state index contributed by atoms with van der Waals surface area (Å²) in [5.41, 5.74) is 0.681. The standard InChI is InChI=1S/C20H26ClN3O2/c21-17-5-3-4-16(14-17)20(6-7-20)19(26)24-12-10-22(11-13-24)15-18(25)23-8-1-2-9-23/h3-5,14H,1-2,6-13,15H2. The van der Waals surface area contributed by atoms with Crippen molar-refractivity contribution in [2.75, 3.05) is 45.8 Å². The summed E-state index contributed by atoms with van der Waals surface area (Å²) in [6, 6.07) is 7.72. The highest BCUT2D eigenvalue weighted by Gasteiger charge is 2.53. The monoisotopic (exact) mass is 375 g/mol. The molecule has 1 aliphatic carbocycles. The van der Waals surface area contributed by atoms with Crippen LogP contribution in [0, 0.1) is 0 Å². The Morgan fingerprint density at radius 3 is 2.27 bits per heavy atom. The fourth-order valence-electron chi connectivity index (χ4n) is 4.21. The van der Waals surface area contributed by atoms with E-state index < -0.39 is 0 Å². The summed E-state index contributed by atoms with van der Waals surface area (Å²) in [6.07, 6.45) is 4.05. The number of likely N-dealkylation sites (tertiary alicyclic amines) is 1. The Labute approximate surface area is 159 Å². The molecule has 140 valence electrons. The summed E-state index contributed by atoms with van der Waals surface area (Å²) in [6.45, 7) is 5.25. The van der Waals surface area contributed by atoms with E-state index >= 15 is 0 Å². The Morgan fingerprint density at radius 2 is 1.65 bits per heavy atom. The molecule has 6 heteroatoms. The van der Waals surface area contributed by atoms with Crippen LogP contribution in [0.15, 0.2) is 24.3 Å². The van der Waals surface area contributed by atoms with Crippen molar-refractivity contribution in [1.82, 2.24) is 14.7 Å². The molecule has 1 aromatic carbocycles. The Bertz CT molecular complexity index is 690. The van der Waals surface area contributed by atoms with E-state index in [1.807, 2.05) is 34.1 Å². The molecule has 2 amide bonds. The van der Waals surface area contributed by atoms with Crippen LogP contribution in [-0.2, 0) is 15.0 Å². The van der Waals surface area contributed by atoms with E-state index in [1.54, 1.807) is 0 Å². The van der Waals surface area contributed by atoms with Crippen LogP contribution in [0.5, 0.6) is 0 Å². The number of piperazine rings is 1. The maximum atomic E-state index is 13.1. The van der Waals surface area contributed by atoms with Gasteiger partial charge in [-0.3, -0.25) is 14.5 Å². The first-order valence-corrected chi connectivity index (χ1v) is 10.0. The number of halogens is 1. The molecule has 1 saturated carbocycles. The molecule has 3 aliphatic rings. The van der Waals surface area contributed by atoms with Crippen LogP contribution in [-0.4, -0.2) is 72.3 Å². The van der Waals surface area contributed by atoms with Gasteiger partial charge in [0.05, 0.1) is 12.0 Å². The topological polar surface area (TPSA) is 43.9 Å². The molecule has 4 rings (SSSR count). The summed E-state index contributed by atoms with van der Waals surface area (Å²) in [5, 5.41) is 0.687. The SMILES string of the molecule is O=C(CN1CCN(C(=O)C2(c3cccc(Cl)c3)CC2)CC1)N1CCCC1. The van der Waals surface area contributed by atoms with Gasteiger partial charge in [0.25, 0.3) is 0 Å². The van der Waals surface area contributed by atoms with Gasteiger partial charge in [0.2, 0.25) is 11.8 Å². The molecule has 0 radical (unpaired) electrons. The predicted molar refractivity (Wildman–Crippen MR) is 101 cm³/mol. The lowest BCUT2D eigenvalue weighted by molar-refractivity contribution is -0.136. The zero-order valence-electron chi connectivity index (χ0n) is 15.1. The maximum absolute atomic E-state index is 13.1. The van der Waals surface area contributed by atoms with Gasteiger partial charge in [-0.2, -0.15) is 0 Å². The van der Waals surface area contributed by atoms with Crippen LogP contribution in [0.25, 0.3) is 0 Å². The number of hydrogen-bond acceptors (Lipinski definition) is 3. The van der Waals surface area contributed by atoms with Crippen molar-refractivity contribution < 1.29 is 9.59 Å². The van der Waals surface area contributed by atoms with Gasteiger partial charge in [-0.15, -0.1) is 0 Å². The van der Waals surface area contributed by atoms with Gasteiger partial charge in [0.1, 0.15) is 0 Å². The van der Waals surface area contributed by atoms with Gasteiger partial charge >= 0.3 is 0 Å². The Morgan fingerprint density at radius 1 is 0.962 bits per heavy atom. The molecule has 2 heterocycles. The Hall–Kier alpha value is -1.59. The second-order valence-corrected chi connectivity index (χ2v) is 8.19. The third-order valence-corrected chi connectivity index (χ3v) is 6.25. The van der Waals surface area contributed by atoms with Crippen molar-refractivity contribution in [3.8, 4) is 0 Å². The molecule has 3 fully saturated rings. The molecule has 5 nitrogen and oxygen atoms in total. The van der Waals surface area contributed by atoms with Crippen molar-refractivity contribution in [2.24, 2.45) is 0 Å². The molecular weight excluding hydrogens is 350 g/mol. The lowest BCUT2D eigenvalue weighted by Crippen LogP contribution is -2.53. The number of carbonyl (C=O) groups excluding carboxylic acids is 2. The highest BCUT2D eigenvalue weighted by Crippen LogP contribution is 2.50. The first-order valence-electron chi connectivity index (χ1n) is 9.64. The van der Waals surface area contributed by atoms with Crippen LogP contribution in [0.3, 0.4) is 0 Å². The predicted octanol–water partition coefficient (Wildman–Crippen LogP) is 2.14. The van der Waals surface area contributed by atoms with Gasteiger partial charge in [-0.05, 0) is 43.4 Å². The molecule has 0 aromatic heterocycles. The molecule has 26 heavy (non-hydrogen) atoms. The van der Waals surface area contributed by atoms with Gasteiger partial charge in [-0.1, -0.05) is 23.7 Å². The first-order chi connectivity index (χ1) is 12.6. The second-order valence-electron chi connectivity index (χ2n) is 7.75. The first kappa shape index (κ1) is 17.8. The van der Waals surface area contributed by atoms with Crippen molar-refractivity contribution in [3.63, 3.8) is 0 Å². The largest absolute Gasteiger partial charge is 0.342 e. The Balaban J connectivity index is 1.33. The molecule has 0 N–H and O–H groups in total. The molecular formula is C20H26ClN3O2. The number of rotatable bonds is 4. The fourth-order valence-corrected chi connectivity index (χ4v) is 4.40. The molecule has 0 spiro atoms. The summed E-state index contributed by atoms with van der Waals surface area (Å²) < 4.78 is 0. The van der Waals surface area contributed by atoms with Crippen molar-refractivity contribution in [1.29, 1.82) is 0 Å².